The van der Waals surface area contributed by atoms with Gasteiger partial charge in [0.05, 0.1) is 50.6 Å². The molecule has 0 atom stereocenters. The molecule has 0 unspecified atom stereocenters. The number of nitrogens with zero attached hydrogens (tertiary/aromatic N) is 4. The molecule has 0 radical (unpaired) electrons. The summed E-state index contributed by atoms with van der Waals surface area (Å²) >= 11 is 0. The molecular formula is C44H22N4O2. The van der Waals surface area contributed by atoms with Gasteiger partial charge in [-0.1, -0.05) is 72.8 Å². The van der Waals surface area contributed by atoms with Crippen LogP contribution >= 0.6 is 0 Å². The van der Waals surface area contributed by atoms with E-state index in [0.717, 1.165) is 93.2 Å². The molecule has 11 aromatic rings. The molecule has 11 rings (SSSR count). The maximum atomic E-state index is 10.8. The van der Waals surface area contributed by atoms with E-state index in [9.17, 15) is 10.5 Å². The molecule has 0 aliphatic rings. The Labute approximate surface area is 283 Å². The summed E-state index contributed by atoms with van der Waals surface area (Å²) in [6.45, 7) is 0. The molecule has 0 saturated carbocycles. The summed E-state index contributed by atoms with van der Waals surface area (Å²) in [5, 5.41) is 29.5. The lowest BCUT2D eigenvalue weighted by Crippen LogP contribution is -2.07. The van der Waals surface area contributed by atoms with Gasteiger partial charge in [-0.25, -0.2) is 0 Å². The molecule has 0 bridgehead atoms. The van der Waals surface area contributed by atoms with E-state index < -0.39 is 0 Å². The zero-order chi connectivity index (χ0) is 33.1. The highest BCUT2D eigenvalue weighted by molar-refractivity contribution is 6.19. The van der Waals surface area contributed by atoms with E-state index in [4.69, 9.17) is 8.83 Å². The minimum atomic E-state index is 0.391. The summed E-state index contributed by atoms with van der Waals surface area (Å²) in [5.74, 6) is 0. The second-order valence-corrected chi connectivity index (χ2v) is 12.7. The smallest absolute Gasteiger partial charge is 0.137 e. The van der Waals surface area contributed by atoms with Gasteiger partial charge in [0.2, 0.25) is 0 Å². The van der Waals surface area contributed by atoms with Gasteiger partial charge < -0.3 is 18.0 Å². The van der Waals surface area contributed by atoms with E-state index in [1.165, 1.54) is 0 Å². The molecule has 0 aliphatic heterocycles. The van der Waals surface area contributed by atoms with Crippen LogP contribution in [0.25, 0.3) is 98.9 Å². The maximum absolute atomic E-state index is 10.8. The molecule has 6 heteroatoms. The molecule has 0 aliphatic carbocycles. The molecule has 50 heavy (non-hydrogen) atoms. The largest absolute Gasteiger partial charge is 0.456 e. The molecule has 4 aromatic heterocycles. The van der Waals surface area contributed by atoms with Crippen molar-refractivity contribution in [1.82, 2.24) is 9.13 Å². The van der Waals surface area contributed by atoms with E-state index in [2.05, 4.69) is 81.9 Å². The molecule has 0 saturated heterocycles. The highest BCUT2D eigenvalue weighted by atomic mass is 16.3. The van der Waals surface area contributed by atoms with Crippen molar-refractivity contribution in [2.24, 2.45) is 0 Å². The molecule has 6 nitrogen and oxygen atoms in total. The zero-order valence-electron chi connectivity index (χ0n) is 26.3. The summed E-state index contributed by atoms with van der Waals surface area (Å²) < 4.78 is 17.1. The number of hydrogen-bond acceptors (Lipinski definition) is 4. The molecular weight excluding hydrogens is 617 g/mol. The number of hydrogen-bond donors (Lipinski definition) is 0. The van der Waals surface area contributed by atoms with E-state index in [1.807, 2.05) is 66.7 Å². The van der Waals surface area contributed by atoms with Gasteiger partial charge >= 0.3 is 0 Å². The Morgan fingerprint density at radius 1 is 0.400 bits per heavy atom. The number of nitriles is 2. The van der Waals surface area contributed by atoms with Crippen molar-refractivity contribution in [2.75, 3.05) is 0 Å². The molecule has 0 N–H and O–H groups in total. The third-order valence-corrected chi connectivity index (χ3v) is 10.1. The van der Waals surface area contributed by atoms with Crippen LogP contribution in [0.3, 0.4) is 0 Å². The van der Waals surface area contributed by atoms with Crippen LogP contribution in [0.2, 0.25) is 0 Å². The average molecular weight is 639 g/mol. The summed E-state index contributed by atoms with van der Waals surface area (Å²) in [4.78, 5) is 0. The van der Waals surface area contributed by atoms with Crippen LogP contribution in [0.1, 0.15) is 11.1 Å². The Bertz CT molecular complexity index is 3360. The van der Waals surface area contributed by atoms with E-state index in [0.29, 0.717) is 16.8 Å². The summed E-state index contributed by atoms with van der Waals surface area (Å²) in [6, 6.07) is 49.6. The molecule has 230 valence electrons. The normalized spacial score (nSPS) is 12.0. The minimum absolute atomic E-state index is 0.391. The van der Waals surface area contributed by atoms with Crippen LogP contribution in [0.4, 0.5) is 0 Å². The quantitative estimate of drug-likeness (QED) is 0.189. The molecule has 0 fully saturated rings. The first kappa shape index (κ1) is 26.8. The number of rotatable bonds is 2. The average Bonchev–Trinajstić information content (AvgIpc) is 3.89. The minimum Gasteiger partial charge on any atom is -0.456 e. The maximum Gasteiger partial charge on any atom is 0.137 e. The Morgan fingerprint density at radius 2 is 0.900 bits per heavy atom. The first-order valence-electron chi connectivity index (χ1n) is 16.4. The van der Waals surface area contributed by atoms with Crippen molar-refractivity contribution < 1.29 is 8.83 Å². The lowest BCUT2D eigenvalue weighted by Gasteiger charge is -2.18. The fraction of sp³-hybridized carbons (Fsp3) is 0. The molecule has 0 amide bonds. The fourth-order valence-corrected chi connectivity index (χ4v) is 8.05. The van der Waals surface area contributed by atoms with Crippen LogP contribution in [-0.4, -0.2) is 9.13 Å². The summed E-state index contributed by atoms with van der Waals surface area (Å²) in [7, 11) is 0. The predicted octanol–water partition coefficient (Wildman–Crippen LogP) is 11.4. The highest BCUT2D eigenvalue weighted by Crippen LogP contribution is 2.43. The van der Waals surface area contributed by atoms with Crippen molar-refractivity contribution in [3.05, 3.63) is 145 Å². The Kier molecular flexibility index (Phi) is 5.16. The lowest BCUT2D eigenvalue weighted by atomic mass is 10.1. The van der Waals surface area contributed by atoms with Gasteiger partial charge in [-0.05, 0) is 48.5 Å². The fourth-order valence-electron chi connectivity index (χ4n) is 8.05. The third-order valence-electron chi connectivity index (χ3n) is 10.1. The van der Waals surface area contributed by atoms with Gasteiger partial charge in [0.15, 0.2) is 0 Å². The van der Waals surface area contributed by atoms with Gasteiger partial charge in [0, 0.05) is 55.2 Å². The molecule has 0 spiro atoms. The summed E-state index contributed by atoms with van der Waals surface area (Å²) in [5.41, 5.74) is 9.10. The highest BCUT2D eigenvalue weighted by Gasteiger charge is 2.25. The van der Waals surface area contributed by atoms with Gasteiger partial charge in [0.25, 0.3) is 0 Å². The Hall–Kier alpha value is -7.28. The van der Waals surface area contributed by atoms with Crippen molar-refractivity contribution in [3.8, 4) is 23.5 Å². The number of aromatic nitrogens is 2. The number of para-hydroxylation sites is 4. The predicted molar refractivity (Wildman–Crippen MR) is 199 cm³/mol. The van der Waals surface area contributed by atoms with Gasteiger partial charge in [-0.15, -0.1) is 0 Å². The van der Waals surface area contributed by atoms with Crippen LogP contribution in [-0.2, 0) is 0 Å². The SMILES string of the molecule is N#Cc1cc(C#N)c(-n2c3ccccc3c3cc4c(cc32)oc2ccccc24)c(-n2c3ccccc3c3cc4c(cc32)oc2ccccc24)c1. The third kappa shape index (κ3) is 3.44. The lowest BCUT2D eigenvalue weighted by molar-refractivity contribution is 0.669. The van der Waals surface area contributed by atoms with Crippen LogP contribution in [0.15, 0.2) is 142 Å². The van der Waals surface area contributed by atoms with Gasteiger partial charge in [-0.2, -0.15) is 10.5 Å². The number of furan rings is 2. The van der Waals surface area contributed by atoms with Crippen molar-refractivity contribution >= 4 is 87.5 Å². The van der Waals surface area contributed by atoms with Crippen LogP contribution < -0.4 is 0 Å². The second kappa shape index (κ2) is 9.64. The number of fused-ring (bicyclic) bond motifs is 12. The molecule has 4 heterocycles. The van der Waals surface area contributed by atoms with Gasteiger partial charge in [-0.3, -0.25) is 0 Å². The topological polar surface area (TPSA) is 83.7 Å². The number of benzene rings is 7. The van der Waals surface area contributed by atoms with Gasteiger partial charge in [0.1, 0.15) is 28.4 Å². The van der Waals surface area contributed by atoms with E-state index in [1.54, 1.807) is 6.07 Å². The molecule has 7 aromatic carbocycles. The standard InChI is InChI=1S/C44H22N4O2/c45-23-25-17-26(24-46)44(48-36-14-6-2-10-28(36)32-20-34-30-12-4-8-16-41(30)50-43(34)22-38(32)48)39(18-25)47-35-13-5-1-9-27(35)31-19-33-29-11-3-7-15-40(29)49-42(33)21-37(31)47/h1-22H. The summed E-state index contributed by atoms with van der Waals surface area (Å²) in [6.07, 6.45) is 0. The van der Waals surface area contributed by atoms with Crippen LogP contribution in [0.5, 0.6) is 0 Å². The zero-order valence-corrected chi connectivity index (χ0v) is 26.3. The van der Waals surface area contributed by atoms with Crippen molar-refractivity contribution in [1.29, 1.82) is 10.5 Å². The van der Waals surface area contributed by atoms with Crippen molar-refractivity contribution in [2.45, 2.75) is 0 Å². The first-order chi connectivity index (χ1) is 24.7. The Balaban J connectivity index is 1.33. The van der Waals surface area contributed by atoms with E-state index in [-0.39, 0.29) is 0 Å². The monoisotopic (exact) mass is 638 g/mol. The van der Waals surface area contributed by atoms with Crippen LogP contribution in [0, 0.1) is 22.7 Å². The second-order valence-electron chi connectivity index (χ2n) is 12.7. The Morgan fingerprint density at radius 3 is 1.46 bits per heavy atom. The van der Waals surface area contributed by atoms with Crippen molar-refractivity contribution in [3.63, 3.8) is 0 Å². The van der Waals surface area contributed by atoms with E-state index >= 15 is 0 Å². The first-order valence-corrected chi connectivity index (χ1v) is 16.4.